The van der Waals surface area contributed by atoms with Gasteiger partial charge in [0.1, 0.15) is 13.2 Å². The molecule has 0 atom stereocenters. The topological polar surface area (TPSA) is 76.8 Å². The van der Waals surface area contributed by atoms with E-state index in [4.69, 9.17) is 15.2 Å². The van der Waals surface area contributed by atoms with Crippen LogP contribution >= 0.6 is 0 Å². The van der Waals surface area contributed by atoms with Crippen LogP contribution in [0.5, 0.6) is 11.5 Å². The van der Waals surface area contributed by atoms with Crippen molar-refractivity contribution in [2.24, 2.45) is 0 Å². The van der Waals surface area contributed by atoms with Crippen LogP contribution in [-0.4, -0.2) is 43.7 Å². The first-order valence-electron chi connectivity index (χ1n) is 7.36. The quantitative estimate of drug-likeness (QED) is 0.781. The van der Waals surface area contributed by atoms with Crippen LogP contribution in [-0.2, 0) is 4.79 Å². The first-order chi connectivity index (χ1) is 10.2. The summed E-state index contributed by atoms with van der Waals surface area (Å²) >= 11 is 0. The molecule has 0 aliphatic carbocycles. The van der Waals surface area contributed by atoms with E-state index in [1.54, 1.807) is 6.07 Å². The second kappa shape index (κ2) is 7.06. The Morgan fingerprint density at radius 1 is 1.24 bits per heavy atom. The molecule has 1 aromatic carbocycles. The molecule has 21 heavy (non-hydrogen) atoms. The predicted molar refractivity (Wildman–Crippen MR) is 82.9 cm³/mol. The molecular weight excluding hydrogens is 270 g/mol. The Morgan fingerprint density at radius 3 is 2.48 bits per heavy atom. The highest BCUT2D eigenvalue weighted by Crippen LogP contribution is 2.36. The molecule has 6 heteroatoms. The van der Waals surface area contributed by atoms with Crippen LogP contribution in [0, 0.1) is 0 Å². The van der Waals surface area contributed by atoms with Crippen molar-refractivity contribution in [1.29, 1.82) is 0 Å². The van der Waals surface area contributed by atoms with E-state index in [2.05, 4.69) is 5.32 Å². The fourth-order valence-corrected chi connectivity index (χ4v) is 2.30. The van der Waals surface area contributed by atoms with Crippen LogP contribution in [0.4, 0.5) is 11.4 Å². The number of hydrogen-bond acceptors (Lipinski definition) is 5. The number of fused-ring (bicyclic) bond motifs is 1. The van der Waals surface area contributed by atoms with Gasteiger partial charge in [0.2, 0.25) is 5.91 Å². The maximum atomic E-state index is 11.9. The molecule has 0 fully saturated rings. The highest BCUT2D eigenvalue weighted by Gasteiger charge is 2.15. The van der Waals surface area contributed by atoms with E-state index < -0.39 is 0 Å². The zero-order valence-corrected chi connectivity index (χ0v) is 12.6. The van der Waals surface area contributed by atoms with Crippen LogP contribution in [0.25, 0.3) is 0 Å². The average molecular weight is 293 g/mol. The van der Waals surface area contributed by atoms with Gasteiger partial charge in [0.05, 0.1) is 11.4 Å². The second-order valence-corrected chi connectivity index (χ2v) is 4.83. The maximum Gasteiger partial charge on any atom is 0.224 e. The van der Waals surface area contributed by atoms with Crippen LogP contribution in [0.1, 0.15) is 20.3 Å². The molecule has 1 aliphatic rings. The Labute approximate surface area is 125 Å². The van der Waals surface area contributed by atoms with Crippen molar-refractivity contribution in [2.75, 3.05) is 43.9 Å². The number of amides is 1. The lowest BCUT2D eigenvalue weighted by Gasteiger charge is -2.21. The van der Waals surface area contributed by atoms with Gasteiger partial charge < -0.3 is 25.4 Å². The van der Waals surface area contributed by atoms with Gasteiger partial charge in [-0.15, -0.1) is 0 Å². The van der Waals surface area contributed by atoms with Crippen LogP contribution in [0.15, 0.2) is 12.1 Å². The minimum Gasteiger partial charge on any atom is -0.486 e. The van der Waals surface area contributed by atoms with E-state index >= 15 is 0 Å². The number of nitrogens with one attached hydrogen (secondary N) is 1. The number of ether oxygens (including phenoxy) is 2. The van der Waals surface area contributed by atoms with Gasteiger partial charge >= 0.3 is 0 Å². The van der Waals surface area contributed by atoms with Gasteiger partial charge in [0, 0.05) is 38.2 Å². The van der Waals surface area contributed by atoms with E-state index in [-0.39, 0.29) is 5.91 Å². The van der Waals surface area contributed by atoms with Crippen LogP contribution in [0.2, 0.25) is 0 Å². The molecule has 0 spiro atoms. The number of carbonyl (C=O) groups is 1. The number of hydrogen-bond donors (Lipinski definition) is 2. The van der Waals surface area contributed by atoms with E-state index in [0.29, 0.717) is 43.4 Å². The van der Waals surface area contributed by atoms with Gasteiger partial charge in [-0.2, -0.15) is 0 Å². The molecular formula is C15H23N3O3. The fraction of sp³-hybridized carbons (Fsp3) is 0.533. The third kappa shape index (κ3) is 3.71. The number of nitrogen functional groups attached to an aromatic ring is 1. The molecule has 1 aromatic rings. The highest BCUT2D eigenvalue weighted by molar-refractivity contribution is 5.77. The molecule has 3 N–H and O–H groups in total. The Bertz CT molecular complexity index is 501. The molecule has 0 aromatic heterocycles. The number of nitrogens with zero attached hydrogens (tertiary/aromatic N) is 1. The first kappa shape index (κ1) is 15.3. The fourth-order valence-electron chi connectivity index (χ4n) is 2.30. The van der Waals surface area contributed by atoms with E-state index in [0.717, 1.165) is 18.8 Å². The summed E-state index contributed by atoms with van der Waals surface area (Å²) in [7, 11) is 0. The van der Waals surface area contributed by atoms with Gasteiger partial charge in [-0.3, -0.25) is 4.79 Å². The lowest BCUT2D eigenvalue weighted by atomic mass is 10.2. The lowest BCUT2D eigenvalue weighted by molar-refractivity contribution is -0.130. The van der Waals surface area contributed by atoms with Crippen molar-refractivity contribution in [1.82, 2.24) is 4.90 Å². The Balaban J connectivity index is 1.93. The molecule has 116 valence electrons. The Morgan fingerprint density at radius 2 is 1.86 bits per heavy atom. The summed E-state index contributed by atoms with van der Waals surface area (Å²) in [4.78, 5) is 13.7. The van der Waals surface area contributed by atoms with Crippen molar-refractivity contribution >= 4 is 17.3 Å². The summed E-state index contributed by atoms with van der Waals surface area (Å²) in [6, 6.07) is 3.58. The number of nitrogens with two attached hydrogens (primary N) is 1. The minimum absolute atomic E-state index is 0.142. The van der Waals surface area contributed by atoms with Crippen LogP contribution < -0.4 is 20.5 Å². The third-order valence-corrected chi connectivity index (χ3v) is 3.48. The highest BCUT2D eigenvalue weighted by atomic mass is 16.6. The molecule has 1 aliphatic heterocycles. The van der Waals surface area contributed by atoms with Crippen molar-refractivity contribution in [3.8, 4) is 11.5 Å². The van der Waals surface area contributed by atoms with E-state index in [9.17, 15) is 4.79 Å². The Kier molecular flexibility index (Phi) is 5.14. The summed E-state index contributed by atoms with van der Waals surface area (Å²) < 4.78 is 11.0. The van der Waals surface area contributed by atoms with Crippen molar-refractivity contribution in [2.45, 2.75) is 20.3 Å². The molecule has 1 heterocycles. The van der Waals surface area contributed by atoms with E-state index in [1.807, 2.05) is 24.8 Å². The zero-order chi connectivity index (χ0) is 15.2. The average Bonchev–Trinajstić information content (AvgIpc) is 2.49. The molecule has 1 amide bonds. The molecule has 0 radical (unpaired) electrons. The van der Waals surface area contributed by atoms with Crippen molar-refractivity contribution in [3.05, 3.63) is 12.1 Å². The van der Waals surface area contributed by atoms with Gasteiger partial charge in [0.25, 0.3) is 0 Å². The molecule has 6 nitrogen and oxygen atoms in total. The standard InChI is InChI=1S/C15H23N3O3/c1-3-18(4-2)15(19)5-6-17-12-10-14-13(9-11(12)16)20-7-8-21-14/h9-10,17H,3-8,16H2,1-2H3. The van der Waals surface area contributed by atoms with Gasteiger partial charge in [-0.25, -0.2) is 0 Å². The molecule has 0 bridgehead atoms. The van der Waals surface area contributed by atoms with Gasteiger partial charge in [-0.05, 0) is 13.8 Å². The Hall–Kier alpha value is -2.11. The maximum absolute atomic E-state index is 11.9. The summed E-state index contributed by atoms with van der Waals surface area (Å²) in [6.07, 6.45) is 0.440. The minimum atomic E-state index is 0.142. The zero-order valence-electron chi connectivity index (χ0n) is 12.6. The van der Waals surface area contributed by atoms with Crippen molar-refractivity contribution in [3.63, 3.8) is 0 Å². The summed E-state index contributed by atoms with van der Waals surface area (Å²) in [6.45, 7) is 7.05. The molecule has 0 saturated carbocycles. The predicted octanol–water partition coefficient (Wildman–Crippen LogP) is 1.71. The number of rotatable bonds is 6. The number of carbonyl (C=O) groups excluding carboxylic acids is 1. The van der Waals surface area contributed by atoms with Crippen molar-refractivity contribution < 1.29 is 14.3 Å². The molecule has 2 rings (SSSR count). The number of anilines is 2. The normalized spacial score (nSPS) is 12.9. The summed E-state index contributed by atoms with van der Waals surface area (Å²) in [5.41, 5.74) is 7.34. The third-order valence-electron chi connectivity index (χ3n) is 3.48. The SMILES string of the molecule is CCN(CC)C(=O)CCNc1cc2c(cc1N)OCCO2. The van der Waals surface area contributed by atoms with Gasteiger partial charge in [-0.1, -0.05) is 0 Å². The largest absolute Gasteiger partial charge is 0.486 e. The van der Waals surface area contributed by atoms with Crippen LogP contribution in [0.3, 0.4) is 0 Å². The number of benzene rings is 1. The lowest BCUT2D eigenvalue weighted by Crippen LogP contribution is -2.31. The first-order valence-corrected chi connectivity index (χ1v) is 7.36. The smallest absolute Gasteiger partial charge is 0.224 e. The molecule has 0 saturated heterocycles. The monoisotopic (exact) mass is 293 g/mol. The van der Waals surface area contributed by atoms with E-state index in [1.165, 1.54) is 0 Å². The summed E-state index contributed by atoms with van der Waals surface area (Å²) in [5, 5.41) is 3.19. The molecule has 0 unspecified atom stereocenters. The summed E-state index contributed by atoms with van der Waals surface area (Å²) in [5.74, 6) is 1.50. The second-order valence-electron chi connectivity index (χ2n) is 4.83. The van der Waals surface area contributed by atoms with Gasteiger partial charge in [0.15, 0.2) is 11.5 Å².